The van der Waals surface area contributed by atoms with Gasteiger partial charge in [-0.1, -0.05) is 66.7 Å². The maximum absolute atomic E-state index is 12.9. The molecule has 5 heteroatoms. The zero-order valence-electron chi connectivity index (χ0n) is 19.1. The fraction of sp³-hybridized carbons (Fsp3) is 0.250. The monoisotopic (exact) mass is 442 g/mol. The first-order valence-electron chi connectivity index (χ1n) is 11.2. The van der Waals surface area contributed by atoms with E-state index in [0.29, 0.717) is 0 Å². The smallest absolute Gasteiger partial charge is 0.242 e. The number of likely N-dealkylation sites (tertiary alicyclic amines) is 1. The third-order valence-corrected chi connectivity index (χ3v) is 6.17. The molecule has 1 amide bonds. The number of methoxy groups -OCH3 is 2. The maximum Gasteiger partial charge on any atom is 0.242 e. The lowest BCUT2D eigenvalue weighted by atomic mass is 9.87. The molecule has 5 nitrogen and oxygen atoms in total. The van der Waals surface area contributed by atoms with Crippen LogP contribution in [0.4, 0.5) is 0 Å². The number of carbonyl (C=O) groups is 1. The van der Waals surface area contributed by atoms with Crippen molar-refractivity contribution >= 4 is 12.0 Å². The van der Waals surface area contributed by atoms with Gasteiger partial charge >= 0.3 is 0 Å². The van der Waals surface area contributed by atoms with Gasteiger partial charge in [0.25, 0.3) is 0 Å². The Morgan fingerprint density at radius 2 is 1.36 bits per heavy atom. The molecule has 0 bridgehead atoms. The Kier molecular flexibility index (Phi) is 7.10. The standard InChI is InChI=1S/C28H30N2O3/c1-32-24-13-8-21(9-14-24)18-23(19-22-10-15-25(33-2)16-11-22)30-26(27(29)28(30)31)17-12-20-6-4-3-5-7-20/h3-17,23,26-27H,18-19,29H2,1-2H3. The maximum atomic E-state index is 12.9. The summed E-state index contributed by atoms with van der Waals surface area (Å²) in [6.07, 6.45) is 5.55. The number of nitrogens with zero attached hydrogens (tertiary/aromatic N) is 1. The lowest BCUT2D eigenvalue weighted by molar-refractivity contribution is -0.150. The molecule has 33 heavy (non-hydrogen) atoms. The Hall–Kier alpha value is -3.57. The van der Waals surface area contributed by atoms with Gasteiger partial charge in [-0.25, -0.2) is 0 Å². The van der Waals surface area contributed by atoms with E-state index in [0.717, 1.165) is 41.0 Å². The van der Waals surface area contributed by atoms with Crippen molar-refractivity contribution in [1.82, 2.24) is 4.90 Å². The topological polar surface area (TPSA) is 64.8 Å². The van der Waals surface area contributed by atoms with Crippen molar-refractivity contribution in [2.45, 2.75) is 31.0 Å². The summed E-state index contributed by atoms with van der Waals surface area (Å²) in [5.74, 6) is 1.62. The van der Waals surface area contributed by atoms with Crippen LogP contribution in [0.1, 0.15) is 16.7 Å². The Morgan fingerprint density at radius 3 is 1.85 bits per heavy atom. The van der Waals surface area contributed by atoms with Crippen molar-refractivity contribution < 1.29 is 14.3 Å². The molecular weight excluding hydrogens is 412 g/mol. The number of hydrogen-bond donors (Lipinski definition) is 1. The van der Waals surface area contributed by atoms with Gasteiger partial charge in [0.2, 0.25) is 5.91 Å². The van der Waals surface area contributed by atoms with E-state index >= 15 is 0 Å². The van der Waals surface area contributed by atoms with Crippen molar-refractivity contribution in [3.05, 3.63) is 102 Å². The largest absolute Gasteiger partial charge is 0.497 e. The highest BCUT2D eigenvalue weighted by Crippen LogP contribution is 2.28. The van der Waals surface area contributed by atoms with E-state index in [9.17, 15) is 4.79 Å². The first-order valence-corrected chi connectivity index (χ1v) is 11.2. The molecule has 0 spiro atoms. The van der Waals surface area contributed by atoms with E-state index in [1.807, 2.05) is 65.6 Å². The predicted octanol–water partition coefficient (Wildman–Crippen LogP) is 4.11. The average molecular weight is 443 g/mol. The fourth-order valence-corrected chi connectivity index (χ4v) is 4.30. The molecule has 1 saturated heterocycles. The first kappa shape index (κ1) is 22.6. The molecule has 3 aromatic carbocycles. The molecule has 1 fully saturated rings. The number of carbonyl (C=O) groups excluding carboxylic acids is 1. The van der Waals surface area contributed by atoms with E-state index in [2.05, 4.69) is 30.3 Å². The Balaban J connectivity index is 1.59. The number of hydrogen-bond acceptors (Lipinski definition) is 4. The minimum atomic E-state index is -0.515. The number of rotatable bonds is 9. The summed E-state index contributed by atoms with van der Waals surface area (Å²) < 4.78 is 10.6. The SMILES string of the molecule is COc1ccc(CC(Cc2ccc(OC)cc2)N2C(=O)C(N)C2C=Cc2ccccc2)cc1. The lowest BCUT2D eigenvalue weighted by Gasteiger charge is -2.49. The van der Waals surface area contributed by atoms with Crippen LogP contribution >= 0.6 is 0 Å². The van der Waals surface area contributed by atoms with Crippen LogP contribution in [0.15, 0.2) is 84.9 Å². The lowest BCUT2D eigenvalue weighted by Crippen LogP contribution is -2.71. The number of β-lactam (4-membered cyclic amide) rings is 1. The summed E-state index contributed by atoms with van der Waals surface area (Å²) in [5.41, 5.74) is 9.63. The second-order valence-corrected chi connectivity index (χ2v) is 8.29. The highest BCUT2D eigenvalue weighted by molar-refractivity contribution is 5.90. The highest BCUT2D eigenvalue weighted by atomic mass is 16.5. The number of benzene rings is 3. The molecule has 0 aromatic heterocycles. The zero-order chi connectivity index (χ0) is 23.2. The van der Waals surface area contributed by atoms with E-state index in [4.69, 9.17) is 15.2 Å². The molecule has 170 valence electrons. The Bertz CT molecular complexity index is 1030. The Morgan fingerprint density at radius 1 is 0.848 bits per heavy atom. The van der Waals surface area contributed by atoms with Gasteiger partial charge in [0.05, 0.1) is 20.3 Å². The van der Waals surface area contributed by atoms with E-state index in [1.54, 1.807) is 14.2 Å². The first-order chi connectivity index (χ1) is 16.1. The van der Waals surface area contributed by atoms with Gasteiger partial charge in [-0.3, -0.25) is 4.79 Å². The van der Waals surface area contributed by atoms with Gasteiger partial charge in [0.15, 0.2) is 0 Å². The van der Waals surface area contributed by atoms with Gasteiger partial charge in [0, 0.05) is 6.04 Å². The summed E-state index contributed by atoms with van der Waals surface area (Å²) in [4.78, 5) is 14.9. The van der Waals surface area contributed by atoms with Crippen LogP contribution in [0.2, 0.25) is 0 Å². The van der Waals surface area contributed by atoms with Crippen LogP contribution in [0.25, 0.3) is 6.08 Å². The van der Waals surface area contributed by atoms with Gasteiger partial charge in [-0.15, -0.1) is 0 Å². The molecular formula is C28H30N2O3. The minimum Gasteiger partial charge on any atom is -0.497 e. The Labute approximate surface area is 195 Å². The van der Waals surface area contributed by atoms with Gasteiger partial charge in [-0.05, 0) is 53.8 Å². The van der Waals surface area contributed by atoms with Gasteiger partial charge < -0.3 is 20.1 Å². The summed E-state index contributed by atoms with van der Waals surface area (Å²) >= 11 is 0. The van der Waals surface area contributed by atoms with Crippen LogP contribution in [-0.4, -0.2) is 43.2 Å². The summed E-state index contributed by atoms with van der Waals surface area (Å²) in [6, 6.07) is 25.4. The van der Waals surface area contributed by atoms with Crippen molar-refractivity contribution in [1.29, 1.82) is 0 Å². The predicted molar refractivity (Wildman–Crippen MR) is 131 cm³/mol. The summed E-state index contributed by atoms with van der Waals surface area (Å²) in [7, 11) is 3.32. The molecule has 0 radical (unpaired) electrons. The highest BCUT2D eigenvalue weighted by Gasteiger charge is 2.46. The summed E-state index contributed by atoms with van der Waals surface area (Å²) in [6.45, 7) is 0. The molecule has 0 aliphatic carbocycles. The van der Waals surface area contributed by atoms with Crippen LogP contribution < -0.4 is 15.2 Å². The molecule has 1 aliphatic heterocycles. The van der Waals surface area contributed by atoms with Crippen LogP contribution in [-0.2, 0) is 17.6 Å². The number of amides is 1. The molecule has 1 heterocycles. The van der Waals surface area contributed by atoms with Crippen LogP contribution in [0, 0.1) is 0 Å². The molecule has 3 aromatic rings. The fourth-order valence-electron chi connectivity index (χ4n) is 4.30. The van der Waals surface area contributed by atoms with Crippen LogP contribution in [0.3, 0.4) is 0 Å². The van der Waals surface area contributed by atoms with Gasteiger partial charge in [0.1, 0.15) is 17.5 Å². The molecule has 2 N–H and O–H groups in total. The normalized spacial score (nSPS) is 17.9. The van der Waals surface area contributed by atoms with Crippen molar-refractivity contribution in [2.24, 2.45) is 5.73 Å². The van der Waals surface area contributed by atoms with Crippen molar-refractivity contribution in [3.8, 4) is 11.5 Å². The van der Waals surface area contributed by atoms with E-state index in [-0.39, 0.29) is 18.0 Å². The number of ether oxygens (including phenoxy) is 2. The van der Waals surface area contributed by atoms with Crippen molar-refractivity contribution in [3.63, 3.8) is 0 Å². The molecule has 4 rings (SSSR count). The van der Waals surface area contributed by atoms with Gasteiger partial charge in [-0.2, -0.15) is 0 Å². The van der Waals surface area contributed by atoms with E-state index < -0.39 is 6.04 Å². The average Bonchev–Trinajstić information content (AvgIpc) is 2.87. The minimum absolute atomic E-state index is 0.00950. The van der Waals surface area contributed by atoms with Crippen LogP contribution in [0.5, 0.6) is 11.5 Å². The van der Waals surface area contributed by atoms with E-state index in [1.165, 1.54) is 0 Å². The van der Waals surface area contributed by atoms with Crippen molar-refractivity contribution in [2.75, 3.05) is 14.2 Å². The molecule has 2 unspecified atom stereocenters. The number of nitrogens with two attached hydrogens (primary N) is 1. The second-order valence-electron chi connectivity index (χ2n) is 8.29. The molecule has 2 atom stereocenters. The third-order valence-electron chi connectivity index (χ3n) is 6.17. The molecule has 0 saturated carbocycles. The molecule has 1 aliphatic rings. The summed E-state index contributed by atoms with van der Waals surface area (Å²) in [5, 5.41) is 0. The second kappa shape index (κ2) is 10.4. The quantitative estimate of drug-likeness (QED) is 0.507. The zero-order valence-corrected chi connectivity index (χ0v) is 19.1. The third kappa shape index (κ3) is 5.26.